The summed E-state index contributed by atoms with van der Waals surface area (Å²) in [6, 6.07) is 4.09. The van der Waals surface area contributed by atoms with E-state index >= 15 is 0 Å². The van der Waals surface area contributed by atoms with Crippen molar-refractivity contribution in [3.8, 4) is 0 Å². The van der Waals surface area contributed by atoms with Crippen LogP contribution in [0.4, 0.5) is 5.82 Å². The molecule has 2 rings (SSSR count). The Morgan fingerprint density at radius 2 is 1.92 bits per heavy atom. The number of rotatable bonds is 1. The molecule has 0 atom stereocenters. The van der Waals surface area contributed by atoms with Gasteiger partial charge in [0.25, 0.3) is 0 Å². The van der Waals surface area contributed by atoms with E-state index in [1.165, 1.54) is 19.3 Å². The molecule has 13 heavy (non-hydrogen) atoms. The Morgan fingerprint density at radius 1 is 1.15 bits per heavy atom. The first-order valence-corrected chi connectivity index (χ1v) is 4.89. The highest BCUT2D eigenvalue weighted by atomic mass is 15.2. The van der Waals surface area contributed by atoms with Crippen molar-refractivity contribution in [1.29, 1.82) is 0 Å². The van der Waals surface area contributed by atoms with Gasteiger partial charge in [-0.15, -0.1) is 0 Å². The molecule has 1 saturated heterocycles. The van der Waals surface area contributed by atoms with Gasteiger partial charge >= 0.3 is 0 Å². The summed E-state index contributed by atoms with van der Waals surface area (Å²) in [6.45, 7) is 6.14. The SMILES string of the molecule is [CH2]c1ccc(N2CCCCC2)nc1. The summed E-state index contributed by atoms with van der Waals surface area (Å²) in [7, 11) is 0. The molecule has 0 aromatic carbocycles. The first-order chi connectivity index (χ1) is 6.36. The summed E-state index contributed by atoms with van der Waals surface area (Å²) >= 11 is 0. The van der Waals surface area contributed by atoms with Gasteiger partial charge in [0, 0.05) is 19.3 Å². The van der Waals surface area contributed by atoms with Crippen molar-refractivity contribution >= 4 is 5.82 Å². The standard InChI is InChI=1S/C11H15N2/c1-10-5-6-11(12-9-10)13-7-3-2-4-8-13/h5-6,9H,1-4,7-8H2. The highest BCUT2D eigenvalue weighted by Crippen LogP contribution is 2.16. The molecule has 0 saturated carbocycles. The largest absolute Gasteiger partial charge is 0.357 e. The van der Waals surface area contributed by atoms with Gasteiger partial charge in [-0.2, -0.15) is 0 Å². The van der Waals surface area contributed by atoms with E-state index in [2.05, 4.69) is 22.9 Å². The zero-order chi connectivity index (χ0) is 9.10. The highest BCUT2D eigenvalue weighted by molar-refractivity contribution is 5.39. The molecule has 1 aliphatic rings. The van der Waals surface area contributed by atoms with Crippen molar-refractivity contribution in [3.63, 3.8) is 0 Å². The van der Waals surface area contributed by atoms with E-state index in [9.17, 15) is 0 Å². The Hall–Kier alpha value is -1.05. The molecule has 0 unspecified atom stereocenters. The van der Waals surface area contributed by atoms with Crippen LogP contribution in [0.3, 0.4) is 0 Å². The molecule has 69 valence electrons. The Kier molecular flexibility index (Phi) is 2.48. The van der Waals surface area contributed by atoms with Gasteiger partial charge in [-0.25, -0.2) is 4.98 Å². The molecule has 1 fully saturated rings. The maximum Gasteiger partial charge on any atom is 0.128 e. The Labute approximate surface area is 79.6 Å². The summed E-state index contributed by atoms with van der Waals surface area (Å²) in [5, 5.41) is 0. The number of aromatic nitrogens is 1. The summed E-state index contributed by atoms with van der Waals surface area (Å²) < 4.78 is 0. The predicted octanol–water partition coefficient (Wildman–Crippen LogP) is 2.25. The number of anilines is 1. The van der Waals surface area contributed by atoms with Crippen LogP contribution in [0.1, 0.15) is 24.8 Å². The van der Waals surface area contributed by atoms with Crippen LogP contribution in [0.2, 0.25) is 0 Å². The molecule has 2 heterocycles. The van der Waals surface area contributed by atoms with Crippen molar-refractivity contribution in [2.24, 2.45) is 0 Å². The average Bonchev–Trinajstić information content (AvgIpc) is 2.20. The third kappa shape index (κ3) is 2.00. The van der Waals surface area contributed by atoms with Crippen molar-refractivity contribution in [3.05, 3.63) is 30.8 Å². The van der Waals surface area contributed by atoms with Gasteiger partial charge in [-0.3, -0.25) is 0 Å². The van der Waals surface area contributed by atoms with E-state index in [0.29, 0.717) is 0 Å². The van der Waals surface area contributed by atoms with Gasteiger partial charge in [-0.1, -0.05) is 6.07 Å². The summed E-state index contributed by atoms with van der Waals surface area (Å²) in [5.41, 5.74) is 0.987. The van der Waals surface area contributed by atoms with E-state index in [0.717, 1.165) is 24.5 Å². The molecular formula is C11H15N2. The van der Waals surface area contributed by atoms with Crippen LogP contribution in [-0.2, 0) is 0 Å². The lowest BCUT2D eigenvalue weighted by Crippen LogP contribution is -2.29. The lowest BCUT2D eigenvalue weighted by molar-refractivity contribution is 0.573. The topological polar surface area (TPSA) is 16.1 Å². The van der Waals surface area contributed by atoms with Gasteiger partial charge in [0.15, 0.2) is 0 Å². The molecule has 1 aromatic rings. The van der Waals surface area contributed by atoms with Crippen LogP contribution in [0.15, 0.2) is 18.3 Å². The van der Waals surface area contributed by atoms with Crippen molar-refractivity contribution < 1.29 is 0 Å². The number of hydrogen-bond donors (Lipinski definition) is 0. The third-order valence-electron chi connectivity index (χ3n) is 2.49. The number of piperidine rings is 1. The van der Waals surface area contributed by atoms with Crippen molar-refractivity contribution in [2.45, 2.75) is 19.3 Å². The van der Waals surface area contributed by atoms with Crippen molar-refractivity contribution in [2.75, 3.05) is 18.0 Å². The van der Waals surface area contributed by atoms with Gasteiger partial charge in [0.2, 0.25) is 0 Å². The maximum absolute atomic E-state index is 4.37. The predicted molar refractivity (Wildman–Crippen MR) is 54.8 cm³/mol. The Bertz CT molecular complexity index is 260. The lowest BCUT2D eigenvalue weighted by atomic mass is 10.1. The van der Waals surface area contributed by atoms with E-state index in [1.807, 2.05) is 12.3 Å². The van der Waals surface area contributed by atoms with Crippen LogP contribution in [0.5, 0.6) is 0 Å². The molecule has 0 amide bonds. The fourth-order valence-corrected chi connectivity index (χ4v) is 1.73. The fraction of sp³-hybridized carbons (Fsp3) is 0.455. The average molecular weight is 175 g/mol. The van der Waals surface area contributed by atoms with Gasteiger partial charge < -0.3 is 4.90 Å². The molecule has 1 aliphatic heterocycles. The molecule has 2 heteroatoms. The zero-order valence-corrected chi connectivity index (χ0v) is 7.87. The second kappa shape index (κ2) is 3.77. The minimum absolute atomic E-state index is 0.987. The first-order valence-electron chi connectivity index (χ1n) is 4.89. The quantitative estimate of drug-likeness (QED) is 0.650. The van der Waals surface area contributed by atoms with E-state index in [4.69, 9.17) is 0 Å². The molecule has 0 spiro atoms. The molecule has 1 radical (unpaired) electrons. The molecule has 2 nitrogen and oxygen atoms in total. The number of pyridine rings is 1. The molecule has 0 aliphatic carbocycles. The molecule has 0 bridgehead atoms. The molecule has 1 aromatic heterocycles. The third-order valence-corrected chi connectivity index (χ3v) is 2.49. The van der Waals surface area contributed by atoms with Gasteiger partial charge in [0.05, 0.1) is 0 Å². The monoisotopic (exact) mass is 175 g/mol. The van der Waals surface area contributed by atoms with Crippen LogP contribution < -0.4 is 4.90 Å². The summed E-state index contributed by atoms with van der Waals surface area (Å²) in [6.07, 6.45) is 5.80. The minimum Gasteiger partial charge on any atom is -0.357 e. The minimum atomic E-state index is 0.987. The molecule has 0 N–H and O–H groups in total. The second-order valence-corrected chi connectivity index (χ2v) is 3.57. The normalized spacial score (nSPS) is 17.5. The first kappa shape index (κ1) is 8.54. The lowest BCUT2D eigenvalue weighted by Gasteiger charge is -2.27. The van der Waals surface area contributed by atoms with E-state index < -0.39 is 0 Å². The van der Waals surface area contributed by atoms with Crippen molar-refractivity contribution in [1.82, 2.24) is 4.98 Å². The maximum atomic E-state index is 4.37. The summed E-state index contributed by atoms with van der Waals surface area (Å²) in [5.74, 6) is 1.10. The van der Waals surface area contributed by atoms with Gasteiger partial charge in [-0.05, 0) is 37.8 Å². The van der Waals surface area contributed by atoms with Crippen LogP contribution >= 0.6 is 0 Å². The molecular weight excluding hydrogens is 160 g/mol. The van der Waals surface area contributed by atoms with Gasteiger partial charge in [0.1, 0.15) is 5.82 Å². The fourth-order valence-electron chi connectivity index (χ4n) is 1.73. The summed E-state index contributed by atoms with van der Waals surface area (Å²) in [4.78, 5) is 6.72. The second-order valence-electron chi connectivity index (χ2n) is 3.57. The highest BCUT2D eigenvalue weighted by Gasteiger charge is 2.10. The van der Waals surface area contributed by atoms with E-state index in [1.54, 1.807) is 0 Å². The number of nitrogens with zero attached hydrogens (tertiary/aromatic N) is 2. The smallest absolute Gasteiger partial charge is 0.128 e. The van der Waals surface area contributed by atoms with Crippen LogP contribution in [0.25, 0.3) is 0 Å². The Balaban J connectivity index is 2.10. The zero-order valence-electron chi connectivity index (χ0n) is 7.87. The van der Waals surface area contributed by atoms with Crippen LogP contribution in [-0.4, -0.2) is 18.1 Å². The number of hydrogen-bond acceptors (Lipinski definition) is 2. The van der Waals surface area contributed by atoms with Crippen LogP contribution in [0, 0.1) is 6.92 Å². The van der Waals surface area contributed by atoms with E-state index in [-0.39, 0.29) is 0 Å². The Morgan fingerprint density at radius 3 is 2.54 bits per heavy atom.